The number of piperidine rings is 1. The van der Waals surface area contributed by atoms with Crippen LogP contribution in [0, 0.1) is 0 Å². The average Bonchev–Trinajstić information content (AvgIpc) is 2.11. The van der Waals surface area contributed by atoms with Gasteiger partial charge in [0.2, 0.25) is 0 Å². The summed E-state index contributed by atoms with van der Waals surface area (Å²) < 4.78 is 16.8. The average molecular weight is 292 g/mol. The lowest BCUT2D eigenvalue weighted by molar-refractivity contribution is -0.0302. The molecule has 3 N–H and O–H groups in total. The number of likely N-dealkylation sites (tertiary alicyclic amines) is 1. The number of hydrogen-bond donors (Lipinski definition) is 2. The van der Waals surface area contributed by atoms with E-state index in [0.717, 1.165) is 12.8 Å². The van der Waals surface area contributed by atoms with Crippen LogP contribution in [0.25, 0.3) is 0 Å². The Morgan fingerprint density at radius 2 is 1.79 bits per heavy atom. The van der Waals surface area contributed by atoms with Crippen molar-refractivity contribution in [2.75, 3.05) is 19.3 Å². The smallest absolute Gasteiger partial charge is 0.328 e. The Bertz CT molecular complexity index is 340. The molecule has 1 heterocycles. The van der Waals surface area contributed by atoms with Crippen molar-refractivity contribution >= 4 is 7.60 Å². The van der Waals surface area contributed by atoms with Gasteiger partial charge in [0.25, 0.3) is 0 Å². The Labute approximate surface area is 117 Å². The Kier molecular flexibility index (Phi) is 5.25. The van der Waals surface area contributed by atoms with E-state index in [1.165, 1.54) is 0 Å². The molecule has 0 aliphatic carbocycles. The first-order chi connectivity index (χ1) is 8.50. The SMILES string of the molecule is CCOP(=O)(O)CCN1C(C)(C)CC(N)CC1(C)C. The Hall–Kier alpha value is 0.0700. The molecule has 0 aromatic heterocycles. The molecule has 1 fully saturated rings. The van der Waals surface area contributed by atoms with Crippen molar-refractivity contribution in [2.45, 2.75) is 64.6 Å². The van der Waals surface area contributed by atoms with Gasteiger partial charge in [0.15, 0.2) is 0 Å². The number of nitrogens with zero attached hydrogens (tertiary/aromatic N) is 1. The van der Waals surface area contributed by atoms with E-state index in [1.807, 2.05) is 0 Å². The topological polar surface area (TPSA) is 75.8 Å². The molecule has 1 saturated heterocycles. The summed E-state index contributed by atoms with van der Waals surface area (Å²) in [6, 6.07) is 0.189. The molecule has 0 spiro atoms. The predicted octanol–water partition coefficient (Wildman–Crippen LogP) is 2.19. The van der Waals surface area contributed by atoms with Gasteiger partial charge in [0.1, 0.15) is 0 Å². The van der Waals surface area contributed by atoms with Crippen molar-refractivity contribution in [3.05, 3.63) is 0 Å². The Balaban J connectivity index is 2.77. The van der Waals surface area contributed by atoms with Gasteiger partial charge in [-0.15, -0.1) is 0 Å². The van der Waals surface area contributed by atoms with Gasteiger partial charge >= 0.3 is 7.60 Å². The number of rotatable bonds is 5. The van der Waals surface area contributed by atoms with Crippen LogP contribution in [0.3, 0.4) is 0 Å². The van der Waals surface area contributed by atoms with Crippen LogP contribution in [0.4, 0.5) is 0 Å². The van der Waals surface area contributed by atoms with Crippen LogP contribution in [0.1, 0.15) is 47.5 Å². The second-order valence-corrected chi connectivity index (χ2v) is 8.70. The second kappa shape index (κ2) is 5.82. The van der Waals surface area contributed by atoms with E-state index in [4.69, 9.17) is 10.3 Å². The van der Waals surface area contributed by atoms with Crippen LogP contribution in [-0.2, 0) is 9.09 Å². The molecule has 114 valence electrons. The maximum absolute atomic E-state index is 11.8. The van der Waals surface area contributed by atoms with E-state index in [-0.39, 0.29) is 29.9 Å². The monoisotopic (exact) mass is 292 g/mol. The van der Waals surface area contributed by atoms with Gasteiger partial charge in [-0.1, -0.05) is 0 Å². The molecule has 1 rings (SSSR count). The summed E-state index contributed by atoms with van der Waals surface area (Å²) in [4.78, 5) is 12.0. The van der Waals surface area contributed by atoms with Gasteiger partial charge < -0.3 is 15.2 Å². The van der Waals surface area contributed by atoms with Gasteiger partial charge in [-0.25, -0.2) is 0 Å². The molecule has 0 radical (unpaired) electrons. The normalized spacial score (nSPS) is 27.1. The molecule has 1 aliphatic heterocycles. The maximum Gasteiger partial charge on any atom is 0.329 e. The summed E-state index contributed by atoms with van der Waals surface area (Å²) in [5.74, 6) is 0. The first-order valence-electron chi connectivity index (χ1n) is 7.00. The molecule has 1 aliphatic rings. The van der Waals surface area contributed by atoms with Crippen LogP contribution in [0.5, 0.6) is 0 Å². The third-order valence-corrected chi connectivity index (χ3v) is 5.35. The van der Waals surface area contributed by atoms with Crippen molar-refractivity contribution < 1.29 is 14.0 Å². The quantitative estimate of drug-likeness (QED) is 0.760. The van der Waals surface area contributed by atoms with Crippen molar-refractivity contribution in [1.29, 1.82) is 0 Å². The zero-order chi connectivity index (χ0) is 14.9. The van der Waals surface area contributed by atoms with E-state index in [1.54, 1.807) is 6.92 Å². The van der Waals surface area contributed by atoms with Crippen molar-refractivity contribution in [2.24, 2.45) is 5.73 Å². The van der Waals surface area contributed by atoms with Gasteiger partial charge in [-0.3, -0.25) is 9.46 Å². The van der Waals surface area contributed by atoms with Gasteiger partial charge in [0, 0.05) is 23.7 Å². The lowest BCUT2D eigenvalue weighted by Crippen LogP contribution is -2.63. The predicted molar refractivity (Wildman–Crippen MR) is 78.4 cm³/mol. The molecular weight excluding hydrogens is 263 g/mol. The third-order valence-electron chi connectivity index (χ3n) is 3.92. The molecule has 19 heavy (non-hydrogen) atoms. The van der Waals surface area contributed by atoms with Crippen LogP contribution in [-0.4, -0.2) is 46.2 Å². The van der Waals surface area contributed by atoms with Gasteiger partial charge in [0.05, 0.1) is 12.8 Å². The second-order valence-electron chi connectivity index (χ2n) is 6.72. The fourth-order valence-electron chi connectivity index (χ4n) is 3.49. The highest BCUT2D eigenvalue weighted by Gasteiger charge is 2.44. The minimum absolute atomic E-state index is 0.0621. The van der Waals surface area contributed by atoms with E-state index < -0.39 is 7.60 Å². The molecule has 6 heteroatoms. The first-order valence-corrected chi connectivity index (χ1v) is 8.76. The standard InChI is InChI=1S/C13H29N2O3P/c1-6-18-19(16,17)8-7-15-12(2,3)9-11(14)10-13(15,4)5/h11H,6-10,14H2,1-5H3,(H,16,17). The highest BCUT2D eigenvalue weighted by molar-refractivity contribution is 7.52. The summed E-state index contributed by atoms with van der Waals surface area (Å²) in [6.45, 7) is 11.2. The summed E-state index contributed by atoms with van der Waals surface area (Å²) in [5.41, 5.74) is 6.00. The largest absolute Gasteiger partial charge is 0.329 e. The zero-order valence-corrected chi connectivity index (χ0v) is 13.7. The minimum Gasteiger partial charge on any atom is -0.328 e. The Morgan fingerprint density at radius 3 is 2.21 bits per heavy atom. The molecule has 0 bridgehead atoms. The third kappa shape index (κ3) is 4.54. The lowest BCUT2D eigenvalue weighted by atomic mass is 9.77. The highest BCUT2D eigenvalue weighted by Crippen LogP contribution is 2.44. The number of hydrogen-bond acceptors (Lipinski definition) is 4. The molecule has 1 atom stereocenters. The van der Waals surface area contributed by atoms with Crippen LogP contribution >= 0.6 is 7.60 Å². The minimum atomic E-state index is -3.46. The van der Waals surface area contributed by atoms with E-state index in [9.17, 15) is 9.46 Å². The Morgan fingerprint density at radius 1 is 1.32 bits per heavy atom. The molecule has 1 unspecified atom stereocenters. The van der Waals surface area contributed by atoms with E-state index in [0.29, 0.717) is 6.54 Å². The molecule has 5 nitrogen and oxygen atoms in total. The fourth-order valence-corrected chi connectivity index (χ4v) is 4.48. The summed E-state index contributed by atoms with van der Waals surface area (Å²) in [7, 11) is -3.46. The fraction of sp³-hybridized carbons (Fsp3) is 1.00. The summed E-state index contributed by atoms with van der Waals surface area (Å²) in [6.07, 6.45) is 1.98. The molecule has 0 aromatic rings. The van der Waals surface area contributed by atoms with Crippen LogP contribution in [0.15, 0.2) is 0 Å². The first kappa shape index (κ1) is 17.1. The highest BCUT2D eigenvalue weighted by atomic mass is 31.2. The summed E-state index contributed by atoms with van der Waals surface area (Å²) >= 11 is 0. The zero-order valence-electron chi connectivity index (χ0n) is 12.8. The van der Waals surface area contributed by atoms with Gasteiger partial charge in [-0.2, -0.15) is 0 Å². The van der Waals surface area contributed by atoms with E-state index >= 15 is 0 Å². The van der Waals surface area contributed by atoms with Crippen LogP contribution < -0.4 is 5.73 Å². The number of nitrogens with two attached hydrogens (primary N) is 1. The van der Waals surface area contributed by atoms with Crippen molar-refractivity contribution in [3.8, 4) is 0 Å². The molecule has 0 amide bonds. The van der Waals surface area contributed by atoms with Crippen LogP contribution in [0.2, 0.25) is 0 Å². The maximum atomic E-state index is 11.8. The lowest BCUT2D eigenvalue weighted by Gasteiger charge is -2.55. The molecule has 0 aromatic carbocycles. The van der Waals surface area contributed by atoms with E-state index in [2.05, 4.69) is 32.6 Å². The molecule has 0 saturated carbocycles. The van der Waals surface area contributed by atoms with Crippen molar-refractivity contribution in [1.82, 2.24) is 4.90 Å². The molecular formula is C13H29N2O3P. The van der Waals surface area contributed by atoms with Crippen molar-refractivity contribution in [3.63, 3.8) is 0 Å². The summed E-state index contributed by atoms with van der Waals surface area (Å²) in [5, 5.41) is 0. The van der Waals surface area contributed by atoms with Gasteiger partial charge in [-0.05, 0) is 47.5 Å².